The fraction of sp³-hybridized carbons (Fsp3) is 0.423. The zero-order valence-electron chi connectivity index (χ0n) is 19.3. The number of hydrogen-bond donors (Lipinski definition) is 3. The molecule has 7 nitrogen and oxygen atoms in total. The molecule has 2 aromatic carbocycles. The molecule has 1 aliphatic rings. The lowest BCUT2D eigenvalue weighted by Crippen LogP contribution is -2.52. The Hall–Kier alpha value is -3.35. The number of benzene rings is 2. The Morgan fingerprint density at radius 3 is 2.06 bits per heavy atom. The van der Waals surface area contributed by atoms with Gasteiger partial charge < -0.3 is 20.5 Å². The predicted molar refractivity (Wildman–Crippen MR) is 126 cm³/mol. The van der Waals surface area contributed by atoms with Gasteiger partial charge in [0.15, 0.2) is 0 Å². The van der Waals surface area contributed by atoms with Crippen LogP contribution in [0.2, 0.25) is 0 Å². The maximum atomic E-state index is 12.8. The van der Waals surface area contributed by atoms with Gasteiger partial charge >= 0.3 is 12.1 Å². The summed E-state index contributed by atoms with van der Waals surface area (Å²) in [6.45, 7) is 5.73. The van der Waals surface area contributed by atoms with Crippen LogP contribution >= 0.6 is 0 Å². The van der Waals surface area contributed by atoms with E-state index in [1.54, 1.807) is 0 Å². The lowest BCUT2D eigenvalue weighted by Gasteiger charge is -2.25. The molecule has 0 aromatic heterocycles. The SMILES string of the molecule is CCC(CCC(=O)O)NC(=O)[C@@H](NC(=O)OCC1c2ccccc2-c2ccccc21)C(C)C. The molecule has 2 amide bonds. The summed E-state index contributed by atoms with van der Waals surface area (Å²) in [4.78, 5) is 36.3. The van der Waals surface area contributed by atoms with E-state index in [2.05, 4.69) is 22.8 Å². The quantitative estimate of drug-likeness (QED) is 0.498. The van der Waals surface area contributed by atoms with Gasteiger partial charge in [0.25, 0.3) is 0 Å². The molecule has 176 valence electrons. The molecular formula is C26H32N2O5. The predicted octanol–water partition coefficient (Wildman–Crippen LogP) is 4.31. The summed E-state index contributed by atoms with van der Waals surface area (Å²) in [6, 6.07) is 15.1. The molecule has 1 unspecified atom stereocenters. The Labute approximate surface area is 194 Å². The third kappa shape index (κ3) is 5.92. The van der Waals surface area contributed by atoms with Crippen LogP contribution in [0.1, 0.15) is 57.1 Å². The zero-order chi connectivity index (χ0) is 24.0. The summed E-state index contributed by atoms with van der Waals surface area (Å²) in [6.07, 6.45) is 0.275. The molecule has 3 N–H and O–H groups in total. The van der Waals surface area contributed by atoms with Gasteiger partial charge in [0.1, 0.15) is 12.6 Å². The molecule has 1 aliphatic carbocycles. The van der Waals surface area contributed by atoms with E-state index >= 15 is 0 Å². The Bertz CT molecular complexity index is 958. The van der Waals surface area contributed by atoms with E-state index in [-0.39, 0.29) is 36.8 Å². The minimum atomic E-state index is -0.903. The summed E-state index contributed by atoms with van der Waals surface area (Å²) in [5.41, 5.74) is 4.53. The van der Waals surface area contributed by atoms with Crippen LogP contribution in [-0.4, -0.2) is 41.8 Å². The molecule has 7 heteroatoms. The van der Waals surface area contributed by atoms with Crippen molar-refractivity contribution in [2.75, 3.05) is 6.61 Å². The average Bonchev–Trinajstić information content (AvgIpc) is 3.12. The van der Waals surface area contributed by atoms with Crippen molar-refractivity contribution in [1.82, 2.24) is 10.6 Å². The average molecular weight is 453 g/mol. The van der Waals surface area contributed by atoms with E-state index in [0.29, 0.717) is 12.8 Å². The number of amides is 2. The van der Waals surface area contributed by atoms with Crippen molar-refractivity contribution < 1.29 is 24.2 Å². The third-order valence-electron chi connectivity index (χ3n) is 6.11. The molecule has 0 bridgehead atoms. The van der Waals surface area contributed by atoms with E-state index < -0.39 is 18.1 Å². The smallest absolute Gasteiger partial charge is 0.407 e. The second-order valence-corrected chi connectivity index (χ2v) is 8.74. The molecule has 0 heterocycles. The number of fused-ring (bicyclic) bond motifs is 3. The molecule has 0 spiro atoms. The first kappa shape index (κ1) is 24.3. The van der Waals surface area contributed by atoms with E-state index in [1.165, 1.54) is 0 Å². The Kier molecular flexibility index (Phi) is 8.09. The van der Waals surface area contributed by atoms with E-state index in [9.17, 15) is 14.4 Å². The first-order chi connectivity index (χ1) is 15.8. The maximum Gasteiger partial charge on any atom is 0.407 e. The topological polar surface area (TPSA) is 105 Å². The molecular weight excluding hydrogens is 420 g/mol. The number of aliphatic carboxylic acids is 1. The molecule has 0 saturated heterocycles. The Morgan fingerprint density at radius 1 is 0.970 bits per heavy atom. The lowest BCUT2D eigenvalue weighted by molar-refractivity contribution is -0.137. The van der Waals surface area contributed by atoms with Crippen LogP contribution in [0.5, 0.6) is 0 Å². The molecule has 0 aliphatic heterocycles. The number of carboxylic acid groups (broad SMARTS) is 1. The molecule has 3 rings (SSSR count). The van der Waals surface area contributed by atoms with Gasteiger partial charge in [-0.15, -0.1) is 0 Å². The monoisotopic (exact) mass is 452 g/mol. The van der Waals surface area contributed by atoms with E-state index in [1.807, 2.05) is 57.2 Å². The van der Waals surface area contributed by atoms with Gasteiger partial charge in [-0.25, -0.2) is 4.79 Å². The number of carbonyl (C=O) groups is 3. The zero-order valence-corrected chi connectivity index (χ0v) is 19.3. The highest BCUT2D eigenvalue weighted by Gasteiger charge is 2.30. The first-order valence-corrected chi connectivity index (χ1v) is 11.5. The summed E-state index contributed by atoms with van der Waals surface area (Å²) < 4.78 is 5.57. The number of alkyl carbamates (subject to hydrolysis) is 1. The van der Waals surface area contributed by atoms with Gasteiger partial charge in [-0.2, -0.15) is 0 Å². The molecule has 0 fully saturated rings. The summed E-state index contributed by atoms with van der Waals surface area (Å²) in [7, 11) is 0. The largest absolute Gasteiger partial charge is 0.481 e. The summed E-state index contributed by atoms with van der Waals surface area (Å²) in [5, 5.41) is 14.4. The van der Waals surface area contributed by atoms with Gasteiger partial charge in [0.05, 0.1) is 0 Å². The Morgan fingerprint density at radius 2 is 1.55 bits per heavy atom. The van der Waals surface area contributed by atoms with Crippen molar-refractivity contribution in [3.63, 3.8) is 0 Å². The van der Waals surface area contributed by atoms with Gasteiger partial charge in [-0.05, 0) is 41.0 Å². The molecule has 2 atom stereocenters. The minimum absolute atomic E-state index is 0.0229. The van der Waals surface area contributed by atoms with Crippen LogP contribution in [0.15, 0.2) is 48.5 Å². The van der Waals surface area contributed by atoms with Crippen molar-refractivity contribution in [3.8, 4) is 11.1 Å². The lowest BCUT2D eigenvalue weighted by atomic mass is 9.98. The molecule has 2 aromatic rings. The van der Waals surface area contributed by atoms with Crippen molar-refractivity contribution in [2.45, 2.75) is 58.0 Å². The number of rotatable bonds is 10. The third-order valence-corrected chi connectivity index (χ3v) is 6.11. The van der Waals surface area contributed by atoms with Gasteiger partial charge in [0.2, 0.25) is 5.91 Å². The van der Waals surface area contributed by atoms with Crippen LogP contribution in [0.4, 0.5) is 4.79 Å². The summed E-state index contributed by atoms with van der Waals surface area (Å²) in [5.74, 6) is -1.46. The summed E-state index contributed by atoms with van der Waals surface area (Å²) >= 11 is 0. The fourth-order valence-corrected chi connectivity index (χ4v) is 4.27. The van der Waals surface area contributed by atoms with Crippen molar-refractivity contribution in [2.24, 2.45) is 5.92 Å². The van der Waals surface area contributed by atoms with Crippen LogP contribution < -0.4 is 10.6 Å². The van der Waals surface area contributed by atoms with E-state index in [4.69, 9.17) is 9.84 Å². The standard InChI is InChI=1S/C26H32N2O5/c1-4-17(13-14-23(29)30)27-25(31)24(16(2)3)28-26(32)33-15-22-20-11-7-5-9-18(20)19-10-6-8-12-21(19)22/h5-12,16-17,22,24H,4,13-15H2,1-3H3,(H,27,31)(H,28,32)(H,29,30)/t17?,24-/m0/s1. The van der Waals surface area contributed by atoms with Crippen molar-refractivity contribution in [3.05, 3.63) is 59.7 Å². The van der Waals surface area contributed by atoms with E-state index in [0.717, 1.165) is 22.3 Å². The van der Waals surface area contributed by atoms with Crippen LogP contribution in [0.3, 0.4) is 0 Å². The number of hydrogen-bond acceptors (Lipinski definition) is 4. The highest BCUT2D eigenvalue weighted by Crippen LogP contribution is 2.44. The second kappa shape index (κ2) is 11.0. The molecule has 0 radical (unpaired) electrons. The van der Waals surface area contributed by atoms with Gasteiger partial charge in [0, 0.05) is 18.4 Å². The number of carboxylic acids is 1. The van der Waals surface area contributed by atoms with Gasteiger partial charge in [-0.3, -0.25) is 9.59 Å². The number of nitrogens with one attached hydrogen (secondary N) is 2. The van der Waals surface area contributed by atoms with Crippen molar-refractivity contribution >= 4 is 18.0 Å². The highest BCUT2D eigenvalue weighted by atomic mass is 16.5. The van der Waals surface area contributed by atoms with Gasteiger partial charge in [-0.1, -0.05) is 69.3 Å². The first-order valence-electron chi connectivity index (χ1n) is 11.5. The molecule has 0 saturated carbocycles. The van der Waals surface area contributed by atoms with Crippen LogP contribution in [-0.2, 0) is 14.3 Å². The second-order valence-electron chi connectivity index (χ2n) is 8.74. The van der Waals surface area contributed by atoms with Crippen LogP contribution in [0.25, 0.3) is 11.1 Å². The van der Waals surface area contributed by atoms with Crippen LogP contribution in [0, 0.1) is 5.92 Å². The molecule has 33 heavy (non-hydrogen) atoms. The number of carbonyl (C=O) groups excluding carboxylic acids is 2. The Balaban J connectivity index is 1.62. The highest BCUT2D eigenvalue weighted by molar-refractivity contribution is 5.86. The fourth-order valence-electron chi connectivity index (χ4n) is 4.27. The minimum Gasteiger partial charge on any atom is -0.481 e. The normalized spacial score (nSPS) is 14.2. The van der Waals surface area contributed by atoms with Crippen molar-refractivity contribution in [1.29, 1.82) is 0 Å². The maximum absolute atomic E-state index is 12.8. The number of ether oxygens (including phenoxy) is 1.